The molecule has 0 N–H and O–H groups in total. The predicted octanol–water partition coefficient (Wildman–Crippen LogP) is 2.54. The molecule has 15 heavy (non-hydrogen) atoms. The summed E-state index contributed by atoms with van der Waals surface area (Å²) >= 11 is 0. The van der Waals surface area contributed by atoms with Gasteiger partial charge in [-0.05, 0) is 31.8 Å². The van der Waals surface area contributed by atoms with Gasteiger partial charge in [-0.1, -0.05) is 0 Å². The molecule has 3 nitrogen and oxygen atoms in total. The van der Waals surface area contributed by atoms with Crippen molar-refractivity contribution in [2.24, 2.45) is 5.92 Å². The van der Waals surface area contributed by atoms with Gasteiger partial charge < -0.3 is 9.47 Å². The van der Waals surface area contributed by atoms with Gasteiger partial charge in [0.25, 0.3) is 0 Å². The van der Waals surface area contributed by atoms with Crippen LogP contribution in [-0.4, -0.2) is 12.6 Å². The summed E-state index contributed by atoms with van der Waals surface area (Å²) in [7, 11) is 0. The Morgan fingerprint density at radius 1 is 1.60 bits per heavy atom. The van der Waals surface area contributed by atoms with Crippen molar-refractivity contribution >= 4 is 5.97 Å². The zero-order chi connectivity index (χ0) is 10.8. The Kier molecular flexibility index (Phi) is 2.80. The SMILES string of the molecule is CCOC1=CC(OC(C)=O)=C2CCC[C@H]12. The fraction of sp³-hybridized carbons (Fsp3) is 0.583. The molecule has 0 amide bonds. The molecule has 2 aliphatic carbocycles. The van der Waals surface area contributed by atoms with E-state index in [0.717, 1.165) is 30.8 Å². The molecule has 0 saturated heterocycles. The van der Waals surface area contributed by atoms with Crippen LogP contribution in [0, 0.1) is 5.92 Å². The molecular formula is C12H16O3. The third-order valence-electron chi connectivity index (χ3n) is 2.86. The fourth-order valence-electron chi connectivity index (χ4n) is 2.34. The molecule has 0 bridgehead atoms. The van der Waals surface area contributed by atoms with Crippen molar-refractivity contribution in [3.05, 3.63) is 23.2 Å². The number of fused-ring (bicyclic) bond motifs is 1. The second kappa shape index (κ2) is 4.09. The van der Waals surface area contributed by atoms with Crippen LogP contribution in [0.4, 0.5) is 0 Å². The molecule has 1 atom stereocenters. The van der Waals surface area contributed by atoms with Crippen LogP contribution < -0.4 is 0 Å². The minimum absolute atomic E-state index is 0.253. The second-order valence-electron chi connectivity index (χ2n) is 3.91. The van der Waals surface area contributed by atoms with Crippen molar-refractivity contribution in [3.63, 3.8) is 0 Å². The Morgan fingerprint density at radius 3 is 3.07 bits per heavy atom. The molecule has 2 aliphatic rings. The summed E-state index contributed by atoms with van der Waals surface area (Å²) in [6.45, 7) is 4.08. The van der Waals surface area contributed by atoms with E-state index in [4.69, 9.17) is 9.47 Å². The summed E-state index contributed by atoms with van der Waals surface area (Å²) in [5, 5.41) is 0. The Morgan fingerprint density at radius 2 is 2.40 bits per heavy atom. The first-order valence-electron chi connectivity index (χ1n) is 5.48. The van der Waals surface area contributed by atoms with Gasteiger partial charge in [0.1, 0.15) is 11.5 Å². The van der Waals surface area contributed by atoms with Crippen molar-refractivity contribution in [2.75, 3.05) is 6.61 Å². The van der Waals surface area contributed by atoms with Gasteiger partial charge in [-0.25, -0.2) is 0 Å². The number of rotatable bonds is 3. The summed E-state index contributed by atoms with van der Waals surface area (Å²) in [5.41, 5.74) is 1.24. The summed E-state index contributed by atoms with van der Waals surface area (Å²) in [6, 6.07) is 0. The maximum Gasteiger partial charge on any atom is 0.308 e. The van der Waals surface area contributed by atoms with Crippen LogP contribution in [-0.2, 0) is 14.3 Å². The van der Waals surface area contributed by atoms with E-state index in [1.54, 1.807) is 0 Å². The minimum atomic E-state index is -0.253. The smallest absolute Gasteiger partial charge is 0.308 e. The molecule has 3 heteroatoms. The van der Waals surface area contributed by atoms with E-state index in [1.807, 2.05) is 13.0 Å². The molecule has 1 saturated carbocycles. The first-order valence-corrected chi connectivity index (χ1v) is 5.48. The number of hydrogen-bond donors (Lipinski definition) is 0. The van der Waals surface area contributed by atoms with Crippen LogP contribution in [0.1, 0.15) is 33.1 Å². The molecule has 2 rings (SSSR count). The lowest BCUT2D eigenvalue weighted by Crippen LogP contribution is -2.01. The fourth-order valence-corrected chi connectivity index (χ4v) is 2.34. The number of carbonyl (C=O) groups excluding carboxylic acids is 1. The molecule has 1 fully saturated rings. The molecular weight excluding hydrogens is 192 g/mol. The van der Waals surface area contributed by atoms with E-state index >= 15 is 0 Å². The van der Waals surface area contributed by atoms with Gasteiger partial charge in [0.05, 0.1) is 6.61 Å². The van der Waals surface area contributed by atoms with Gasteiger partial charge in [0.15, 0.2) is 0 Å². The Balaban J connectivity index is 2.18. The molecule has 0 radical (unpaired) electrons. The molecule has 0 heterocycles. The van der Waals surface area contributed by atoms with Gasteiger partial charge in [0.2, 0.25) is 0 Å². The Hall–Kier alpha value is -1.25. The van der Waals surface area contributed by atoms with Crippen LogP contribution in [0.3, 0.4) is 0 Å². The molecule has 0 aromatic rings. The molecule has 0 aromatic carbocycles. The molecule has 82 valence electrons. The van der Waals surface area contributed by atoms with Gasteiger partial charge in [-0.2, -0.15) is 0 Å². The first kappa shape index (κ1) is 10.3. The monoisotopic (exact) mass is 208 g/mol. The van der Waals surface area contributed by atoms with Crippen molar-refractivity contribution in [1.29, 1.82) is 0 Å². The summed E-state index contributed by atoms with van der Waals surface area (Å²) < 4.78 is 10.7. The largest absolute Gasteiger partial charge is 0.497 e. The van der Waals surface area contributed by atoms with Crippen LogP contribution in [0.2, 0.25) is 0 Å². The molecule has 0 spiro atoms. The van der Waals surface area contributed by atoms with E-state index in [1.165, 1.54) is 12.5 Å². The first-order chi connectivity index (χ1) is 7.22. The number of allylic oxidation sites excluding steroid dienone is 2. The van der Waals surface area contributed by atoms with Crippen LogP contribution in [0.5, 0.6) is 0 Å². The van der Waals surface area contributed by atoms with E-state index in [2.05, 4.69) is 0 Å². The quantitative estimate of drug-likeness (QED) is 0.668. The van der Waals surface area contributed by atoms with Gasteiger partial charge >= 0.3 is 5.97 Å². The van der Waals surface area contributed by atoms with Crippen LogP contribution in [0.15, 0.2) is 23.2 Å². The lowest BCUT2D eigenvalue weighted by molar-refractivity contribution is -0.136. The number of ether oxygens (including phenoxy) is 2. The van der Waals surface area contributed by atoms with E-state index < -0.39 is 0 Å². The van der Waals surface area contributed by atoms with Crippen molar-refractivity contribution in [1.82, 2.24) is 0 Å². The zero-order valence-electron chi connectivity index (χ0n) is 9.21. The van der Waals surface area contributed by atoms with Crippen LogP contribution >= 0.6 is 0 Å². The molecule has 0 aliphatic heterocycles. The highest BCUT2D eigenvalue weighted by atomic mass is 16.5. The zero-order valence-corrected chi connectivity index (χ0v) is 9.21. The highest BCUT2D eigenvalue weighted by Crippen LogP contribution is 2.44. The number of hydrogen-bond acceptors (Lipinski definition) is 3. The molecule has 0 unspecified atom stereocenters. The lowest BCUT2D eigenvalue weighted by atomic mass is 10.1. The second-order valence-corrected chi connectivity index (χ2v) is 3.91. The summed E-state index contributed by atoms with van der Waals surface area (Å²) in [6.07, 6.45) is 5.19. The predicted molar refractivity (Wildman–Crippen MR) is 55.8 cm³/mol. The normalized spacial score (nSPS) is 23.9. The average Bonchev–Trinajstić information content (AvgIpc) is 2.71. The third kappa shape index (κ3) is 1.91. The van der Waals surface area contributed by atoms with Gasteiger partial charge in [0, 0.05) is 18.9 Å². The van der Waals surface area contributed by atoms with Crippen molar-refractivity contribution < 1.29 is 14.3 Å². The molecule has 0 aromatic heterocycles. The average molecular weight is 208 g/mol. The highest BCUT2D eigenvalue weighted by Gasteiger charge is 2.34. The Labute approximate surface area is 89.8 Å². The van der Waals surface area contributed by atoms with Crippen molar-refractivity contribution in [2.45, 2.75) is 33.1 Å². The van der Waals surface area contributed by atoms with Crippen LogP contribution in [0.25, 0.3) is 0 Å². The van der Waals surface area contributed by atoms with E-state index in [0.29, 0.717) is 12.5 Å². The van der Waals surface area contributed by atoms with Gasteiger partial charge in [-0.3, -0.25) is 4.79 Å². The topological polar surface area (TPSA) is 35.5 Å². The standard InChI is InChI=1S/C12H16O3/c1-3-14-11-7-12(15-8(2)13)10-6-4-5-9(10)11/h7,9H,3-6H2,1-2H3/t9-/m0/s1. The maximum atomic E-state index is 10.9. The minimum Gasteiger partial charge on any atom is -0.497 e. The summed E-state index contributed by atoms with van der Waals surface area (Å²) in [5.74, 6) is 1.83. The lowest BCUT2D eigenvalue weighted by Gasteiger charge is -2.11. The van der Waals surface area contributed by atoms with E-state index in [-0.39, 0.29) is 5.97 Å². The van der Waals surface area contributed by atoms with Gasteiger partial charge in [-0.15, -0.1) is 0 Å². The summed E-state index contributed by atoms with van der Waals surface area (Å²) in [4.78, 5) is 10.9. The Bertz CT molecular complexity index is 339. The highest BCUT2D eigenvalue weighted by molar-refractivity contribution is 5.68. The van der Waals surface area contributed by atoms with E-state index in [9.17, 15) is 4.79 Å². The number of esters is 1. The third-order valence-corrected chi connectivity index (χ3v) is 2.86. The maximum absolute atomic E-state index is 10.9. The number of carbonyl (C=O) groups is 1. The van der Waals surface area contributed by atoms with Crippen molar-refractivity contribution in [3.8, 4) is 0 Å².